The summed E-state index contributed by atoms with van der Waals surface area (Å²) in [5.41, 5.74) is 3.15. The van der Waals surface area contributed by atoms with Gasteiger partial charge >= 0.3 is 6.09 Å². The maximum absolute atomic E-state index is 13.0. The lowest BCUT2D eigenvalue weighted by Crippen LogP contribution is -2.49. The average Bonchev–Trinajstić information content (AvgIpc) is 2.99. The summed E-state index contributed by atoms with van der Waals surface area (Å²) >= 11 is 0. The summed E-state index contributed by atoms with van der Waals surface area (Å²) in [5.74, 6) is -0.982. The Bertz CT molecular complexity index is 1350. The van der Waals surface area contributed by atoms with Crippen LogP contribution in [0.3, 0.4) is 0 Å². The number of nitrogens with one attached hydrogen (secondary N) is 2. The van der Waals surface area contributed by atoms with Crippen molar-refractivity contribution in [2.24, 2.45) is 5.41 Å². The second-order valence-corrected chi connectivity index (χ2v) is 11.1. The normalized spacial score (nSPS) is 15.0. The van der Waals surface area contributed by atoms with E-state index in [2.05, 4.69) is 20.8 Å². The van der Waals surface area contributed by atoms with E-state index in [1.54, 1.807) is 0 Å². The van der Waals surface area contributed by atoms with Crippen LogP contribution in [0.5, 0.6) is 5.88 Å². The number of Topliss-reactive ketones (excluding diaryl/α,β-unsaturated/α-hetero) is 1. The van der Waals surface area contributed by atoms with E-state index in [9.17, 15) is 14.4 Å². The number of benzene rings is 2. The number of ether oxygens (including phenoxy) is 2. The van der Waals surface area contributed by atoms with Crippen LogP contribution >= 0.6 is 0 Å². The molecule has 0 saturated heterocycles. The van der Waals surface area contributed by atoms with Crippen LogP contribution in [0.15, 0.2) is 66.7 Å². The number of aryl methyl sites for hydroxylation is 1. The van der Waals surface area contributed by atoms with E-state index in [1.807, 2.05) is 87.5 Å². The van der Waals surface area contributed by atoms with Gasteiger partial charge < -0.3 is 20.1 Å². The molecule has 2 N–H and O–H groups in total. The average molecular weight is 573 g/mol. The fraction of sp³-hybridized carbons (Fsp3) is 0.424. The molecule has 0 bridgehead atoms. The Morgan fingerprint density at radius 3 is 2.29 bits per heavy atom. The highest BCUT2D eigenvalue weighted by atomic mass is 16.6. The highest BCUT2D eigenvalue weighted by Gasteiger charge is 2.40. The van der Waals surface area contributed by atoms with Crippen molar-refractivity contribution in [3.8, 4) is 17.0 Å². The topological polar surface area (TPSA) is 120 Å². The van der Waals surface area contributed by atoms with Gasteiger partial charge in [0, 0.05) is 11.0 Å². The first-order valence-corrected chi connectivity index (χ1v) is 14.7. The number of alkyl carbamates (subject to hydrolysis) is 1. The van der Waals surface area contributed by atoms with Crippen molar-refractivity contribution in [3.05, 3.63) is 78.0 Å². The van der Waals surface area contributed by atoms with Gasteiger partial charge in [0.05, 0.1) is 18.3 Å². The van der Waals surface area contributed by atoms with Gasteiger partial charge in [0.2, 0.25) is 11.7 Å². The van der Waals surface area contributed by atoms with Gasteiger partial charge in [0.25, 0.3) is 5.91 Å². The smallest absolute Gasteiger partial charge is 0.407 e. The van der Waals surface area contributed by atoms with Crippen LogP contribution in [0.4, 0.5) is 4.79 Å². The van der Waals surface area contributed by atoms with E-state index in [4.69, 9.17) is 9.47 Å². The first-order valence-electron chi connectivity index (χ1n) is 14.7. The van der Waals surface area contributed by atoms with Gasteiger partial charge in [-0.05, 0) is 50.3 Å². The highest BCUT2D eigenvalue weighted by molar-refractivity contribution is 6.38. The molecule has 0 unspecified atom stereocenters. The van der Waals surface area contributed by atoms with E-state index in [1.165, 1.54) is 0 Å². The highest BCUT2D eigenvalue weighted by Crippen LogP contribution is 2.42. The minimum absolute atomic E-state index is 0.130. The van der Waals surface area contributed by atoms with Crippen molar-refractivity contribution < 1.29 is 23.9 Å². The Labute approximate surface area is 247 Å². The van der Waals surface area contributed by atoms with Gasteiger partial charge in [-0.2, -0.15) is 5.10 Å². The lowest BCUT2D eigenvalue weighted by molar-refractivity contribution is -0.139. The number of ketones is 1. The molecule has 1 saturated carbocycles. The van der Waals surface area contributed by atoms with Gasteiger partial charge in [0.15, 0.2) is 0 Å². The number of carbonyl (C=O) groups is 3. The Morgan fingerprint density at radius 1 is 0.952 bits per heavy atom. The summed E-state index contributed by atoms with van der Waals surface area (Å²) in [7, 11) is 0. The fourth-order valence-corrected chi connectivity index (χ4v) is 4.97. The summed E-state index contributed by atoms with van der Waals surface area (Å²) in [5, 5.41) is 13.8. The van der Waals surface area contributed by atoms with Crippen molar-refractivity contribution in [1.82, 2.24) is 20.8 Å². The van der Waals surface area contributed by atoms with E-state index in [0.717, 1.165) is 48.1 Å². The molecule has 1 aliphatic rings. The van der Waals surface area contributed by atoms with Crippen LogP contribution in [0.2, 0.25) is 0 Å². The van der Waals surface area contributed by atoms with Gasteiger partial charge in [-0.3, -0.25) is 9.59 Å². The molecule has 2 atom stereocenters. The molecule has 1 fully saturated rings. The largest absolute Gasteiger partial charge is 0.475 e. The molecule has 1 heterocycles. The third kappa shape index (κ3) is 8.15. The molecule has 9 heteroatoms. The van der Waals surface area contributed by atoms with Crippen LogP contribution in [0.25, 0.3) is 11.1 Å². The molecule has 222 valence electrons. The monoisotopic (exact) mass is 572 g/mol. The number of nitrogens with zero attached hydrogens (tertiary/aromatic N) is 2. The summed E-state index contributed by atoms with van der Waals surface area (Å²) in [6, 6.07) is 19.9. The van der Waals surface area contributed by atoms with E-state index < -0.39 is 23.8 Å². The van der Waals surface area contributed by atoms with E-state index in [-0.39, 0.29) is 18.1 Å². The minimum atomic E-state index is -0.967. The van der Waals surface area contributed by atoms with Crippen molar-refractivity contribution in [2.45, 2.75) is 71.4 Å². The second kappa shape index (κ2) is 14.6. The number of unbranched alkanes of at least 4 members (excludes halogenated alkanes) is 1. The molecule has 0 aliphatic heterocycles. The third-order valence-electron chi connectivity index (χ3n) is 7.73. The molecule has 1 aromatic heterocycles. The Hall–Kier alpha value is -4.27. The van der Waals surface area contributed by atoms with Gasteiger partial charge in [-0.1, -0.05) is 86.8 Å². The summed E-state index contributed by atoms with van der Waals surface area (Å²) in [4.78, 5) is 38.7. The second-order valence-electron chi connectivity index (χ2n) is 11.1. The fourth-order valence-electron chi connectivity index (χ4n) is 4.97. The number of hydrogen-bond donors (Lipinski definition) is 2. The maximum atomic E-state index is 13.0. The number of amides is 2. The number of hydrogen-bond acceptors (Lipinski definition) is 7. The number of aromatic nitrogens is 2. The molecular formula is C33H40N4O5. The van der Waals surface area contributed by atoms with Gasteiger partial charge in [0.1, 0.15) is 12.6 Å². The third-order valence-corrected chi connectivity index (χ3v) is 7.73. The van der Waals surface area contributed by atoms with Gasteiger partial charge in [-0.25, -0.2) is 4.79 Å². The van der Waals surface area contributed by atoms with Crippen LogP contribution in [0, 0.1) is 12.3 Å². The SMILES string of the molecule is CCCC[C@H](NC(=O)OCC1(COc2nnc(C)cc2-c2ccccc2)CCC1)C(=O)C(=O)N[C@H](C)c1ccccc1. The maximum Gasteiger partial charge on any atom is 0.407 e. The zero-order valence-electron chi connectivity index (χ0n) is 24.6. The first-order chi connectivity index (χ1) is 20.3. The summed E-state index contributed by atoms with van der Waals surface area (Å²) in [6.45, 7) is 6.13. The predicted molar refractivity (Wildman–Crippen MR) is 160 cm³/mol. The van der Waals surface area contributed by atoms with Crippen molar-refractivity contribution in [3.63, 3.8) is 0 Å². The van der Waals surface area contributed by atoms with Crippen LogP contribution in [0.1, 0.15) is 69.7 Å². The zero-order chi connectivity index (χ0) is 30.0. The molecule has 9 nitrogen and oxygen atoms in total. The molecule has 0 radical (unpaired) electrons. The molecular weight excluding hydrogens is 532 g/mol. The van der Waals surface area contributed by atoms with E-state index >= 15 is 0 Å². The number of carbonyl (C=O) groups excluding carboxylic acids is 3. The molecule has 3 aromatic rings. The minimum Gasteiger partial charge on any atom is -0.475 e. The summed E-state index contributed by atoms with van der Waals surface area (Å²) < 4.78 is 11.8. The van der Waals surface area contributed by atoms with Crippen molar-refractivity contribution in [1.29, 1.82) is 0 Å². The molecule has 0 spiro atoms. The molecule has 42 heavy (non-hydrogen) atoms. The van der Waals surface area contributed by atoms with Crippen LogP contribution in [-0.2, 0) is 14.3 Å². The zero-order valence-corrected chi connectivity index (χ0v) is 24.6. The Morgan fingerprint density at radius 2 is 1.64 bits per heavy atom. The lowest BCUT2D eigenvalue weighted by atomic mass is 9.70. The molecule has 4 rings (SSSR count). The van der Waals surface area contributed by atoms with Crippen molar-refractivity contribution in [2.75, 3.05) is 13.2 Å². The first kappa shape index (κ1) is 30.7. The van der Waals surface area contributed by atoms with Crippen molar-refractivity contribution >= 4 is 17.8 Å². The van der Waals surface area contributed by atoms with Crippen LogP contribution in [-0.4, -0.2) is 47.2 Å². The van der Waals surface area contributed by atoms with E-state index in [0.29, 0.717) is 25.3 Å². The quantitative estimate of drug-likeness (QED) is 0.237. The predicted octanol–water partition coefficient (Wildman–Crippen LogP) is 5.73. The molecule has 2 aromatic carbocycles. The van der Waals surface area contributed by atoms with Crippen LogP contribution < -0.4 is 15.4 Å². The van der Waals surface area contributed by atoms with Gasteiger partial charge in [-0.15, -0.1) is 5.10 Å². The molecule has 1 aliphatic carbocycles. The standard InChI is InChI=1S/C33H40N4O5/c1-4-5-17-28(29(38)30(39)34-24(3)25-13-8-6-9-14-25)35-32(40)42-22-33(18-12-19-33)21-41-31-27(20-23(2)36-37-31)26-15-10-7-11-16-26/h6-11,13-16,20,24,28H,4-5,12,17-19,21-22H2,1-3H3,(H,34,39)(H,35,40)/t24-,28+/m1/s1. The summed E-state index contributed by atoms with van der Waals surface area (Å²) in [6.07, 6.45) is 3.78. The number of rotatable bonds is 14. The lowest BCUT2D eigenvalue weighted by Gasteiger charge is -2.40. The Kier molecular flexibility index (Phi) is 10.6. The Balaban J connectivity index is 1.34. The molecule has 2 amide bonds.